The number of hydrogen-bond acceptors (Lipinski definition) is 4. The van der Waals surface area contributed by atoms with Gasteiger partial charge in [0.05, 0.1) is 5.56 Å². The second kappa shape index (κ2) is 3.84. The molecule has 0 radical (unpaired) electrons. The fourth-order valence-corrected chi connectivity index (χ4v) is 1.35. The molecule has 0 aliphatic carbocycles. The summed E-state index contributed by atoms with van der Waals surface area (Å²) in [5.74, 6) is 0.424. The number of hydrogen-bond donors (Lipinski definition) is 1. The zero-order chi connectivity index (χ0) is 12.6. The van der Waals surface area contributed by atoms with Crippen molar-refractivity contribution in [1.82, 2.24) is 10.1 Å². The fraction of sp³-hybridized carbons (Fsp3) is 0.333. The van der Waals surface area contributed by atoms with Crippen LogP contribution in [0.25, 0.3) is 11.5 Å². The number of anilines is 1. The zero-order valence-corrected chi connectivity index (χ0v) is 9.99. The molecule has 0 bridgehead atoms. The Balaban J connectivity index is 2.47. The van der Waals surface area contributed by atoms with Gasteiger partial charge < -0.3 is 10.3 Å². The number of nitrogens with zero attached hydrogens (tertiary/aromatic N) is 2. The SMILES string of the molecule is CC(C)(C)c1noc(-c2cc(F)ccc2N)n1. The van der Waals surface area contributed by atoms with Crippen molar-refractivity contribution in [2.45, 2.75) is 26.2 Å². The molecule has 4 nitrogen and oxygen atoms in total. The Morgan fingerprint density at radius 2 is 2.00 bits per heavy atom. The van der Waals surface area contributed by atoms with E-state index in [0.29, 0.717) is 17.1 Å². The smallest absolute Gasteiger partial charge is 0.260 e. The Hall–Kier alpha value is -1.91. The van der Waals surface area contributed by atoms with Gasteiger partial charge in [0.2, 0.25) is 0 Å². The third kappa shape index (κ3) is 2.27. The Morgan fingerprint density at radius 1 is 1.29 bits per heavy atom. The molecule has 2 rings (SSSR count). The summed E-state index contributed by atoms with van der Waals surface area (Å²) in [5, 5.41) is 3.87. The molecule has 0 amide bonds. The molecule has 0 unspecified atom stereocenters. The highest BCUT2D eigenvalue weighted by Crippen LogP contribution is 2.27. The summed E-state index contributed by atoms with van der Waals surface area (Å²) in [4.78, 5) is 4.23. The van der Waals surface area contributed by atoms with Crippen molar-refractivity contribution in [1.29, 1.82) is 0 Å². The maximum Gasteiger partial charge on any atom is 0.260 e. The molecule has 0 aliphatic rings. The maximum atomic E-state index is 13.1. The highest BCUT2D eigenvalue weighted by Gasteiger charge is 2.22. The molecule has 2 aromatic rings. The van der Waals surface area contributed by atoms with E-state index < -0.39 is 0 Å². The minimum absolute atomic E-state index is 0.218. The van der Waals surface area contributed by atoms with E-state index in [1.54, 1.807) is 0 Å². The summed E-state index contributed by atoms with van der Waals surface area (Å²) < 4.78 is 18.2. The molecular weight excluding hydrogens is 221 g/mol. The second-order valence-corrected chi connectivity index (χ2v) is 4.90. The van der Waals surface area contributed by atoms with Gasteiger partial charge in [-0.25, -0.2) is 4.39 Å². The van der Waals surface area contributed by atoms with Gasteiger partial charge in [-0.15, -0.1) is 0 Å². The third-order valence-corrected chi connectivity index (χ3v) is 2.34. The number of benzene rings is 1. The van der Waals surface area contributed by atoms with Crippen molar-refractivity contribution < 1.29 is 8.91 Å². The molecule has 1 aromatic carbocycles. The van der Waals surface area contributed by atoms with Crippen molar-refractivity contribution in [3.63, 3.8) is 0 Å². The first-order valence-corrected chi connectivity index (χ1v) is 5.27. The lowest BCUT2D eigenvalue weighted by Gasteiger charge is -2.10. The van der Waals surface area contributed by atoms with E-state index in [1.165, 1.54) is 18.2 Å². The van der Waals surface area contributed by atoms with Crippen molar-refractivity contribution in [2.24, 2.45) is 0 Å². The summed E-state index contributed by atoms with van der Waals surface area (Å²) in [6, 6.07) is 4.06. The van der Waals surface area contributed by atoms with Crippen LogP contribution in [0.3, 0.4) is 0 Å². The molecule has 5 heteroatoms. The molecule has 0 aliphatic heterocycles. The van der Waals surface area contributed by atoms with Gasteiger partial charge in [-0.3, -0.25) is 0 Å². The van der Waals surface area contributed by atoms with Crippen LogP contribution in [0.5, 0.6) is 0 Å². The molecular formula is C12H14FN3O. The van der Waals surface area contributed by atoms with Crippen LogP contribution in [0.15, 0.2) is 22.7 Å². The van der Waals surface area contributed by atoms with Crippen LogP contribution in [0.1, 0.15) is 26.6 Å². The first-order chi connectivity index (χ1) is 7.88. The minimum Gasteiger partial charge on any atom is -0.398 e. The van der Waals surface area contributed by atoms with E-state index in [4.69, 9.17) is 10.3 Å². The predicted molar refractivity (Wildman–Crippen MR) is 62.8 cm³/mol. The summed E-state index contributed by atoms with van der Waals surface area (Å²) >= 11 is 0. The Kier molecular flexibility index (Phi) is 2.61. The van der Waals surface area contributed by atoms with Gasteiger partial charge >= 0.3 is 0 Å². The van der Waals surface area contributed by atoms with Gasteiger partial charge in [-0.1, -0.05) is 25.9 Å². The van der Waals surface area contributed by atoms with Gasteiger partial charge in [0.15, 0.2) is 5.82 Å². The number of nitrogens with two attached hydrogens (primary N) is 1. The van der Waals surface area contributed by atoms with E-state index in [0.717, 1.165) is 0 Å². The molecule has 0 atom stereocenters. The van der Waals surface area contributed by atoms with Crippen LogP contribution < -0.4 is 5.73 Å². The maximum absolute atomic E-state index is 13.1. The highest BCUT2D eigenvalue weighted by molar-refractivity contribution is 5.70. The second-order valence-electron chi connectivity index (χ2n) is 4.90. The van der Waals surface area contributed by atoms with Crippen molar-refractivity contribution in [3.8, 4) is 11.5 Å². The first kappa shape index (κ1) is 11.6. The van der Waals surface area contributed by atoms with Gasteiger partial charge in [-0.2, -0.15) is 4.98 Å². The lowest BCUT2D eigenvalue weighted by molar-refractivity contribution is 0.402. The normalized spacial score (nSPS) is 11.8. The van der Waals surface area contributed by atoms with Gasteiger partial charge in [0.25, 0.3) is 5.89 Å². The highest BCUT2D eigenvalue weighted by atomic mass is 19.1. The molecule has 1 heterocycles. The summed E-state index contributed by atoms with van der Waals surface area (Å²) in [5.41, 5.74) is 6.36. The van der Waals surface area contributed by atoms with Gasteiger partial charge in [0.1, 0.15) is 5.82 Å². The van der Waals surface area contributed by atoms with Crippen molar-refractivity contribution in [3.05, 3.63) is 29.8 Å². The Labute approximate surface area is 98.6 Å². The van der Waals surface area contributed by atoms with E-state index in [2.05, 4.69) is 10.1 Å². The summed E-state index contributed by atoms with van der Waals surface area (Å²) in [7, 11) is 0. The van der Waals surface area contributed by atoms with Crippen LogP contribution in [-0.2, 0) is 5.41 Å². The fourth-order valence-electron chi connectivity index (χ4n) is 1.35. The van der Waals surface area contributed by atoms with E-state index >= 15 is 0 Å². The van der Waals surface area contributed by atoms with Crippen molar-refractivity contribution >= 4 is 5.69 Å². The molecule has 90 valence electrons. The van der Waals surface area contributed by atoms with Gasteiger partial charge in [-0.05, 0) is 18.2 Å². The monoisotopic (exact) mass is 235 g/mol. The van der Waals surface area contributed by atoms with Crippen LogP contribution in [0.4, 0.5) is 10.1 Å². The predicted octanol–water partition coefficient (Wildman–Crippen LogP) is 2.76. The molecule has 0 saturated heterocycles. The standard InChI is InChI=1S/C12H14FN3O/c1-12(2,3)11-15-10(17-16-11)8-6-7(13)4-5-9(8)14/h4-6H,14H2,1-3H3. The van der Waals surface area contributed by atoms with Crippen LogP contribution >= 0.6 is 0 Å². The van der Waals surface area contributed by atoms with Crippen LogP contribution in [0, 0.1) is 5.82 Å². The first-order valence-electron chi connectivity index (χ1n) is 5.27. The summed E-state index contributed by atoms with van der Waals surface area (Å²) in [6.07, 6.45) is 0. The van der Waals surface area contributed by atoms with Crippen molar-refractivity contribution in [2.75, 3.05) is 5.73 Å². The quantitative estimate of drug-likeness (QED) is 0.772. The van der Waals surface area contributed by atoms with E-state index in [1.807, 2.05) is 20.8 Å². The molecule has 1 aromatic heterocycles. The largest absolute Gasteiger partial charge is 0.398 e. The molecule has 0 fully saturated rings. The topological polar surface area (TPSA) is 64.9 Å². The average Bonchev–Trinajstić information content (AvgIpc) is 2.70. The number of halogens is 1. The zero-order valence-electron chi connectivity index (χ0n) is 9.99. The van der Waals surface area contributed by atoms with Gasteiger partial charge in [0, 0.05) is 11.1 Å². The van der Waals surface area contributed by atoms with E-state index in [9.17, 15) is 4.39 Å². The minimum atomic E-state index is -0.385. The number of aromatic nitrogens is 2. The number of rotatable bonds is 1. The lowest BCUT2D eigenvalue weighted by Crippen LogP contribution is -2.13. The summed E-state index contributed by atoms with van der Waals surface area (Å²) in [6.45, 7) is 5.91. The number of nitrogen functional groups attached to an aromatic ring is 1. The van der Waals surface area contributed by atoms with E-state index in [-0.39, 0.29) is 17.1 Å². The molecule has 2 N–H and O–H groups in total. The lowest BCUT2D eigenvalue weighted by atomic mass is 9.96. The Bertz CT molecular complexity index is 543. The Morgan fingerprint density at radius 3 is 2.59 bits per heavy atom. The molecule has 0 spiro atoms. The van der Waals surface area contributed by atoms with Crippen LogP contribution in [0.2, 0.25) is 0 Å². The third-order valence-electron chi connectivity index (χ3n) is 2.34. The molecule has 0 saturated carbocycles. The van der Waals surface area contributed by atoms with Crippen LogP contribution in [-0.4, -0.2) is 10.1 Å². The average molecular weight is 235 g/mol. The molecule has 17 heavy (non-hydrogen) atoms.